The number of Topliss-reactive ketones (excluding diaryl/α,β-unsaturated/α-hetero) is 1. The van der Waals surface area contributed by atoms with Crippen LogP contribution in [0.3, 0.4) is 0 Å². The first-order valence-corrected chi connectivity index (χ1v) is 5.16. The lowest BCUT2D eigenvalue weighted by molar-refractivity contribution is -0.115. The van der Waals surface area contributed by atoms with E-state index in [-0.39, 0.29) is 19.1 Å². The van der Waals surface area contributed by atoms with Gasteiger partial charge in [0.1, 0.15) is 13.3 Å². The molecule has 1 saturated heterocycles. The summed E-state index contributed by atoms with van der Waals surface area (Å²) in [4.78, 5) is 24.3. The van der Waals surface area contributed by atoms with Gasteiger partial charge in [-0.3, -0.25) is 9.69 Å². The van der Waals surface area contributed by atoms with Crippen LogP contribution in [-0.4, -0.2) is 43.3 Å². The Labute approximate surface area is 93.3 Å². The summed E-state index contributed by atoms with van der Waals surface area (Å²) in [5.74, 6) is 0.00738. The van der Waals surface area contributed by atoms with E-state index in [2.05, 4.69) is 0 Å². The minimum Gasteiger partial charge on any atom is -0.444 e. The number of hydrogen-bond donors (Lipinski definition) is 0. The lowest BCUT2D eigenvalue weighted by atomic mass is 10.0. The van der Waals surface area contributed by atoms with Crippen molar-refractivity contribution in [3.05, 3.63) is 23.8 Å². The number of ether oxygens (including phenoxy) is 2. The van der Waals surface area contributed by atoms with Crippen LogP contribution < -0.4 is 0 Å². The minimum atomic E-state index is -0.430. The highest BCUT2D eigenvalue weighted by molar-refractivity contribution is 5.98. The van der Waals surface area contributed by atoms with Gasteiger partial charge in [0, 0.05) is 18.5 Å². The normalized spacial score (nSPS) is 19.9. The zero-order valence-electron chi connectivity index (χ0n) is 8.85. The second-order valence-corrected chi connectivity index (χ2v) is 3.60. The smallest absolute Gasteiger partial charge is 0.412 e. The van der Waals surface area contributed by atoms with E-state index in [9.17, 15) is 9.59 Å². The summed E-state index contributed by atoms with van der Waals surface area (Å²) in [6, 6.07) is 0. The fraction of sp³-hybridized carbons (Fsp3) is 0.455. The third-order valence-electron chi connectivity index (χ3n) is 2.46. The van der Waals surface area contributed by atoms with Gasteiger partial charge in [-0.05, 0) is 0 Å². The van der Waals surface area contributed by atoms with E-state index < -0.39 is 6.09 Å². The standard InChI is InChI=1S/C11H13NO4/c13-10-4-2-1-3-9(10)7-16-11(14)12-5-6-15-8-12/h1-3H,4-8H2. The molecule has 0 aromatic rings. The molecule has 0 aromatic carbocycles. The molecule has 86 valence electrons. The van der Waals surface area contributed by atoms with Crippen LogP contribution in [0.5, 0.6) is 0 Å². The van der Waals surface area contributed by atoms with Gasteiger partial charge >= 0.3 is 6.09 Å². The number of carbonyl (C=O) groups excluding carboxylic acids is 2. The Balaban J connectivity index is 1.82. The number of amides is 1. The van der Waals surface area contributed by atoms with Crippen molar-refractivity contribution < 1.29 is 19.1 Å². The van der Waals surface area contributed by atoms with Crippen molar-refractivity contribution in [1.29, 1.82) is 0 Å². The second kappa shape index (κ2) is 4.94. The molecule has 0 radical (unpaired) electrons. The lowest BCUT2D eigenvalue weighted by Gasteiger charge is -2.14. The second-order valence-electron chi connectivity index (χ2n) is 3.60. The highest BCUT2D eigenvalue weighted by Crippen LogP contribution is 2.09. The third kappa shape index (κ3) is 2.49. The van der Waals surface area contributed by atoms with Crippen LogP contribution in [0, 0.1) is 0 Å². The molecule has 1 aliphatic heterocycles. The predicted molar refractivity (Wildman–Crippen MR) is 55.7 cm³/mol. The van der Waals surface area contributed by atoms with Gasteiger partial charge in [0.25, 0.3) is 0 Å². The highest BCUT2D eigenvalue weighted by atomic mass is 16.6. The zero-order chi connectivity index (χ0) is 11.4. The number of ketones is 1. The fourth-order valence-corrected chi connectivity index (χ4v) is 1.50. The highest BCUT2D eigenvalue weighted by Gasteiger charge is 2.21. The molecule has 2 aliphatic rings. The predicted octanol–water partition coefficient (Wildman–Crippen LogP) is 0.868. The van der Waals surface area contributed by atoms with Crippen molar-refractivity contribution in [3.8, 4) is 0 Å². The molecule has 0 unspecified atom stereocenters. The van der Waals surface area contributed by atoms with E-state index in [0.29, 0.717) is 25.1 Å². The van der Waals surface area contributed by atoms with Crippen LogP contribution in [-0.2, 0) is 14.3 Å². The summed E-state index contributed by atoms with van der Waals surface area (Å²) in [7, 11) is 0. The molecule has 5 heteroatoms. The van der Waals surface area contributed by atoms with Gasteiger partial charge in [-0.15, -0.1) is 0 Å². The van der Waals surface area contributed by atoms with Gasteiger partial charge in [0.2, 0.25) is 0 Å². The molecule has 0 aromatic heterocycles. The molecule has 1 fully saturated rings. The summed E-state index contributed by atoms with van der Waals surface area (Å²) in [6.07, 6.45) is 5.21. The molecule has 0 atom stereocenters. The maximum Gasteiger partial charge on any atom is 0.412 e. The summed E-state index contributed by atoms with van der Waals surface area (Å²) in [5, 5.41) is 0. The van der Waals surface area contributed by atoms with Crippen molar-refractivity contribution in [2.24, 2.45) is 0 Å². The maximum absolute atomic E-state index is 11.5. The Morgan fingerprint density at radius 2 is 2.44 bits per heavy atom. The van der Waals surface area contributed by atoms with Crippen LogP contribution in [0.15, 0.2) is 23.8 Å². The number of hydrogen-bond acceptors (Lipinski definition) is 4. The summed E-state index contributed by atoms with van der Waals surface area (Å²) < 4.78 is 10.0. The average Bonchev–Trinajstić information content (AvgIpc) is 2.81. The molecule has 0 saturated carbocycles. The third-order valence-corrected chi connectivity index (χ3v) is 2.46. The van der Waals surface area contributed by atoms with Crippen molar-refractivity contribution in [2.75, 3.05) is 26.5 Å². The molecule has 0 N–H and O–H groups in total. The Morgan fingerprint density at radius 3 is 3.12 bits per heavy atom. The van der Waals surface area contributed by atoms with Crippen LogP contribution in [0.2, 0.25) is 0 Å². The molecule has 16 heavy (non-hydrogen) atoms. The molecule has 2 rings (SSSR count). The largest absolute Gasteiger partial charge is 0.444 e. The molecular weight excluding hydrogens is 210 g/mol. The molecule has 0 bridgehead atoms. The Bertz CT molecular complexity index is 353. The first-order valence-electron chi connectivity index (χ1n) is 5.16. The SMILES string of the molecule is O=C1CC=CC=C1COC(=O)N1CCOC1. The summed E-state index contributed by atoms with van der Waals surface area (Å²) >= 11 is 0. The van der Waals surface area contributed by atoms with Crippen molar-refractivity contribution in [2.45, 2.75) is 6.42 Å². The van der Waals surface area contributed by atoms with E-state index in [1.807, 2.05) is 0 Å². The minimum absolute atomic E-state index is 0.00738. The Kier molecular flexibility index (Phi) is 3.36. The number of allylic oxidation sites excluding steroid dienone is 3. The zero-order valence-corrected chi connectivity index (χ0v) is 8.85. The van der Waals surface area contributed by atoms with Gasteiger partial charge in [-0.25, -0.2) is 4.79 Å². The quantitative estimate of drug-likeness (QED) is 0.697. The summed E-state index contributed by atoms with van der Waals surface area (Å²) in [6.45, 7) is 1.40. The van der Waals surface area contributed by atoms with Crippen LogP contribution in [0.1, 0.15) is 6.42 Å². The van der Waals surface area contributed by atoms with Gasteiger partial charge in [0.15, 0.2) is 5.78 Å². The first kappa shape index (κ1) is 10.9. The van der Waals surface area contributed by atoms with E-state index in [1.54, 1.807) is 18.2 Å². The van der Waals surface area contributed by atoms with Crippen LogP contribution in [0.25, 0.3) is 0 Å². The molecular formula is C11H13NO4. The number of rotatable bonds is 2. The average molecular weight is 223 g/mol. The number of carbonyl (C=O) groups is 2. The summed E-state index contributed by atoms with van der Waals surface area (Å²) in [5.41, 5.74) is 0.538. The molecule has 1 aliphatic carbocycles. The molecule has 1 amide bonds. The van der Waals surface area contributed by atoms with Crippen molar-refractivity contribution >= 4 is 11.9 Å². The van der Waals surface area contributed by atoms with Gasteiger partial charge < -0.3 is 9.47 Å². The fourth-order valence-electron chi connectivity index (χ4n) is 1.50. The van der Waals surface area contributed by atoms with E-state index in [4.69, 9.17) is 9.47 Å². The van der Waals surface area contributed by atoms with Gasteiger partial charge in [-0.1, -0.05) is 18.2 Å². The maximum atomic E-state index is 11.5. The van der Waals surface area contributed by atoms with Gasteiger partial charge in [-0.2, -0.15) is 0 Å². The first-order chi connectivity index (χ1) is 7.77. The van der Waals surface area contributed by atoms with Crippen molar-refractivity contribution in [3.63, 3.8) is 0 Å². The van der Waals surface area contributed by atoms with Crippen LogP contribution >= 0.6 is 0 Å². The molecule has 1 heterocycles. The lowest BCUT2D eigenvalue weighted by Crippen LogP contribution is -2.30. The van der Waals surface area contributed by atoms with Gasteiger partial charge in [0.05, 0.1) is 6.61 Å². The Morgan fingerprint density at radius 1 is 1.56 bits per heavy atom. The molecule has 5 nitrogen and oxygen atoms in total. The van der Waals surface area contributed by atoms with E-state index >= 15 is 0 Å². The monoisotopic (exact) mass is 223 g/mol. The topological polar surface area (TPSA) is 55.8 Å². The van der Waals surface area contributed by atoms with E-state index in [1.165, 1.54) is 4.90 Å². The van der Waals surface area contributed by atoms with Crippen LogP contribution in [0.4, 0.5) is 4.79 Å². The number of nitrogens with zero attached hydrogens (tertiary/aromatic N) is 1. The van der Waals surface area contributed by atoms with Crippen molar-refractivity contribution in [1.82, 2.24) is 4.90 Å². The Hall–Kier alpha value is -1.62. The molecule has 0 spiro atoms. The van der Waals surface area contributed by atoms with E-state index in [0.717, 1.165) is 0 Å².